The van der Waals surface area contributed by atoms with E-state index in [1.165, 1.54) is 12.2 Å². The minimum Gasteiger partial charge on any atom is -0.427 e. The highest BCUT2D eigenvalue weighted by molar-refractivity contribution is 5.74. The molecule has 0 aliphatic rings. The van der Waals surface area contributed by atoms with E-state index >= 15 is 0 Å². The number of amides is 1. The molecular weight excluding hydrogens is 258 g/mol. The number of nitrogens with zero attached hydrogens (tertiary/aromatic N) is 1. The smallest absolute Gasteiger partial charge is 0.311 e. The van der Waals surface area contributed by atoms with Crippen molar-refractivity contribution in [2.24, 2.45) is 0 Å². The molecule has 20 heavy (non-hydrogen) atoms. The first-order valence-corrected chi connectivity index (χ1v) is 6.70. The van der Waals surface area contributed by atoms with E-state index in [1.54, 1.807) is 19.2 Å². The zero-order valence-corrected chi connectivity index (χ0v) is 12.0. The second-order valence-electron chi connectivity index (χ2n) is 4.42. The van der Waals surface area contributed by atoms with Gasteiger partial charge in [-0.2, -0.15) is 0 Å². The molecule has 110 valence electrons. The lowest BCUT2D eigenvalue weighted by Gasteiger charge is -2.12. The lowest BCUT2D eigenvalue weighted by Crippen LogP contribution is -2.24. The van der Waals surface area contributed by atoms with E-state index in [9.17, 15) is 9.59 Å². The Morgan fingerprint density at radius 2 is 1.70 bits per heavy atom. The first-order chi connectivity index (χ1) is 9.63. The summed E-state index contributed by atoms with van der Waals surface area (Å²) < 4.78 is 5.16. The molecule has 0 unspecified atom stereocenters. The molecule has 1 aromatic carbocycles. The van der Waals surface area contributed by atoms with Gasteiger partial charge in [0.05, 0.1) is 7.11 Å². The van der Waals surface area contributed by atoms with Gasteiger partial charge < -0.3 is 4.74 Å². The predicted octanol–water partition coefficient (Wildman–Crippen LogP) is 2.56. The third-order valence-corrected chi connectivity index (χ3v) is 2.87. The number of carbonyl (C=O) groups is 2. The third kappa shape index (κ3) is 6.33. The summed E-state index contributed by atoms with van der Waals surface area (Å²) in [6.45, 7) is 0. The maximum Gasteiger partial charge on any atom is 0.311 e. The number of hydroxylamine groups is 2. The summed E-state index contributed by atoms with van der Waals surface area (Å²) in [5.41, 5.74) is 0. The molecule has 0 aromatic heterocycles. The number of esters is 1. The Kier molecular flexibility index (Phi) is 7.35. The van der Waals surface area contributed by atoms with Crippen molar-refractivity contribution >= 4 is 11.9 Å². The van der Waals surface area contributed by atoms with Gasteiger partial charge >= 0.3 is 5.97 Å². The van der Waals surface area contributed by atoms with Gasteiger partial charge in [0.15, 0.2) is 0 Å². The average Bonchev–Trinajstić information content (AvgIpc) is 2.46. The molecule has 0 radical (unpaired) electrons. The number of para-hydroxylation sites is 1. The van der Waals surface area contributed by atoms with Crippen LogP contribution in [-0.2, 0) is 14.4 Å². The molecule has 0 aliphatic heterocycles. The van der Waals surface area contributed by atoms with Crippen LogP contribution in [-0.4, -0.2) is 31.1 Å². The molecule has 1 rings (SSSR count). The minimum atomic E-state index is -0.239. The number of hydrogen-bond donors (Lipinski definition) is 0. The quantitative estimate of drug-likeness (QED) is 0.317. The maximum atomic E-state index is 11.5. The molecule has 5 heteroatoms. The van der Waals surface area contributed by atoms with Crippen LogP contribution in [0.2, 0.25) is 0 Å². The fourth-order valence-electron chi connectivity index (χ4n) is 1.65. The van der Waals surface area contributed by atoms with Gasteiger partial charge in [0.25, 0.3) is 0 Å². The van der Waals surface area contributed by atoms with Crippen LogP contribution in [0.4, 0.5) is 0 Å². The zero-order chi connectivity index (χ0) is 14.8. The second-order valence-corrected chi connectivity index (χ2v) is 4.42. The molecule has 0 fully saturated rings. The van der Waals surface area contributed by atoms with Crippen LogP contribution in [0.5, 0.6) is 5.75 Å². The molecule has 0 N–H and O–H groups in total. The lowest BCUT2D eigenvalue weighted by atomic mass is 10.1. The summed E-state index contributed by atoms with van der Waals surface area (Å²) in [5, 5.41) is 1.21. The molecule has 0 saturated heterocycles. The third-order valence-electron chi connectivity index (χ3n) is 2.87. The molecule has 1 amide bonds. The van der Waals surface area contributed by atoms with Gasteiger partial charge in [-0.1, -0.05) is 24.6 Å². The molecule has 5 nitrogen and oxygen atoms in total. The van der Waals surface area contributed by atoms with Crippen molar-refractivity contribution in [1.82, 2.24) is 5.06 Å². The van der Waals surface area contributed by atoms with Gasteiger partial charge in [-0.05, 0) is 25.0 Å². The fourth-order valence-corrected chi connectivity index (χ4v) is 1.65. The van der Waals surface area contributed by atoms with E-state index in [2.05, 4.69) is 0 Å². The van der Waals surface area contributed by atoms with Crippen LogP contribution in [0.25, 0.3) is 0 Å². The Hall–Kier alpha value is -1.88. The van der Waals surface area contributed by atoms with Crippen molar-refractivity contribution in [3.63, 3.8) is 0 Å². The van der Waals surface area contributed by atoms with Crippen LogP contribution < -0.4 is 4.74 Å². The molecular formula is C15H21NO4. The summed E-state index contributed by atoms with van der Waals surface area (Å²) >= 11 is 0. The Morgan fingerprint density at radius 1 is 1.05 bits per heavy atom. The minimum absolute atomic E-state index is 0.0561. The number of unbranched alkanes of at least 4 members (excludes halogenated alkanes) is 2. The number of hydrogen-bond acceptors (Lipinski definition) is 4. The van der Waals surface area contributed by atoms with Crippen molar-refractivity contribution in [2.75, 3.05) is 14.2 Å². The summed E-state index contributed by atoms with van der Waals surface area (Å²) in [4.78, 5) is 27.8. The predicted molar refractivity (Wildman–Crippen MR) is 74.9 cm³/mol. The standard InChI is InChI=1S/C15H21NO4/c1-16(19-2)14(17)11-7-4-8-12-15(18)20-13-9-5-3-6-10-13/h3,5-6,9-10H,4,7-8,11-12H2,1-2H3. The van der Waals surface area contributed by atoms with Crippen molar-refractivity contribution in [1.29, 1.82) is 0 Å². The van der Waals surface area contributed by atoms with Gasteiger partial charge in [0.2, 0.25) is 5.91 Å². The molecule has 1 aromatic rings. The summed E-state index contributed by atoms with van der Waals surface area (Å²) in [7, 11) is 3.04. The fraction of sp³-hybridized carbons (Fsp3) is 0.467. The number of ether oxygens (including phenoxy) is 1. The Balaban J connectivity index is 2.09. The van der Waals surface area contributed by atoms with Crippen LogP contribution in [0.15, 0.2) is 30.3 Å². The molecule has 0 aliphatic carbocycles. The van der Waals surface area contributed by atoms with E-state index in [-0.39, 0.29) is 11.9 Å². The average molecular weight is 279 g/mol. The van der Waals surface area contributed by atoms with E-state index in [0.717, 1.165) is 19.3 Å². The molecule has 0 heterocycles. The summed E-state index contributed by atoms with van der Waals surface area (Å²) in [6.07, 6.45) is 3.06. The number of carbonyl (C=O) groups excluding carboxylic acids is 2. The van der Waals surface area contributed by atoms with Crippen LogP contribution in [0.1, 0.15) is 32.1 Å². The Morgan fingerprint density at radius 3 is 2.35 bits per heavy atom. The molecule has 0 saturated carbocycles. The van der Waals surface area contributed by atoms with Crippen molar-refractivity contribution < 1.29 is 19.2 Å². The highest BCUT2D eigenvalue weighted by Crippen LogP contribution is 2.11. The van der Waals surface area contributed by atoms with Crippen molar-refractivity contribution in [2.45, 2.75) is 32.1 Å². The second kappa shape index (κ2) is 9.09. The highest BCUT2D eigenvalue weighted by atomic mass is 16.7. The number of rotatable bonds is 8. The van der Waals surface area contributed by atoms with Crippen LogP contribution in [0.3, 0.4) is 0 Å². The SMILES string of the molecule is CON(C)C(=O)CCCCCC(=O)Oc1ccccc1. The topological polar surface area (TPSA) is 55.8 Å². The summed E-state index contributed by atoms with van der Waals surface area (Å²) in [5.74, 6) is 0.269. The van der Waals surface area contributed by atoms with Crippen molar-refractivity contribution in [3.05, 3.63) is 30.3 Å². The van der Waals surface area contributed by atoms with Gasteiger partial charge in [-0.15, -0.1) is 0 Å². The van der Waals surface area contributed by atoms with E-state index < -0.39 is 0 Å². The lowest BCUT2D eigenvalue weighted by molar-refractivity contribution is -0.168. The van der Waals surface area contributed by atoms with Crippen molar-refractivity contribution in [3.8, 4) is 5.75 Å². The van der Waals surface area contributed by atoms with E-state index in [1.807, 2.05) is 18.2 Å². The summed E-state index contributed by atoms with van der Waals surface area (Å²) in [6, 6.07) is 9.00. The monoisotopic (exact) mass is 279 g/mol. The normalized spacial score (nSPS) is 10.1. The van der Waals surface area contributed by atoms with Gasteiger partial charge in [-0.25, -0.2) is 5.06 Å². The maximum absolute atomic E-state index is 11.5. The largest absolute Gasteiger partial charge is 0.427 e. The van der Waals surface area contributed by atoms with E-state index in [0.29, 0.717) is 18.6 Å². The molecule has 0 bridgehead atoms. The zero-order valence-electron chi connectivity index (χ0n) is 12.0. The van der Waals surface area contributed by atoms with Crippen LogP contribution in [0, 0.1) is 0 Å². The molecule has 0 atom stereocenters. The highest BCUT2D eigenvalue weighted by Gasteiger charge is 2.08. The number of benzene rings is 1. The van der Waals surface area contributed by atoms with E-state index in [4.69, 9.17) is 9.57 Å². The Bertz CT molecular complexity index is 419. The van der Waals surface area contributed by atoms with Gasteiger partial charge in [-0.3, -0.25) is 14.4 Å². The van der Waals surface area contributed by atoms with Gasteiger partial charge in [0.1, 0.15) is 5.75 Å². The van der Waals surface area contributed by atoms with Gasteiger partial charge in [0, 0.05) is 19.9 Å². The Labute approximate surface area is 119 Å². The molecule has 0 spiro atoms. The first-order valence-electron chi connectivity index (χ1n) is 6.70. The first kappa shape index (κ1) is 16.2. The van der Waals surface area contributed by atoms with Crippen LogP contribution >= 0.6 is 0 Å².